The fourth-order valence-corrected chi connectivity index (χ4v) is 4.09. The van der Waals surface area contributed by atoms with Crippen molar-refractivity contribution in [1.82, 2.24) is 14.5 Å². The van der Waals surface area contributed by atoms with Gasteiger partial charge in [0.2, 0.25) is 16.0 Å². The van der Waals surface area contributed by atoms with Gasteiger partial charge in [0.05, 0.1) is 33.4 Å². The fraction of sp³-hybridized carbons (Fsp3) is 0.0476. The minimum Gasteiger partial charge on any atom is -0.268 e. The van der Waals surface area contributed by atoms with Gasteiger partial charge in [0.25, 0.3) is 5.91 Å². The van der Waals surface area contributed by atoms with Gasteiger partial charge in [0.15, 0.2) is 0 Å². The second-order valence-corrected chi connectivity index (χ2v) is 9.52. The molecule has 4 rings (SSSR count). The largest absolute Gasteiger partial charge is 0.268 e. The standard InChI is InChI=1S/C21H13Cl2F2N3O3S/c1-32(30,31)27-21(29)14-9-16(23)19(10-17(14)24)28-18-6-5-12(8-15(18)20(25)26-28)11-3-2-4-13(22)7-11/h2-10H,1H3,(H,27,29). The van der Waals surface area contributed by atoms with Gasteiger partial charge >= 0.3 is 0 Å². The van der Waals surface area contributed by atoms with Crippen molar-refractivity contribution >= 4 is 50.0 Å². The molecular formula is C21H13Cl2F2N3O3S. The molecular weight excluding hydrogens is 483 g/mol. The van der Waals surface area contributed by atoms with Gasteiger partial charge in [-0.3, -0.25) is 4.79 Å². The summed E-state index contributed by atoms with van der Waals surface area (Å²) < 4.78 is 54.5. The average molecular weight is 496 g/mol. The SMILES string of the molecule is CS(=O)(=O)NC(=O)c1cc(Cl)c(-n2nc(F)c3cc(-c4cccc(Cl)c4)ccc32)cc1F. The number of fused-ring (bicyclic) bond motifs is 1. The predicted molar refractivity (Wildman–Crippen MR) is 119 cm³/mol. The van der Waals surface area contributed by atoms with E-state index in [1.54, 1.807) is 41.1 Å². The number of carbonyl (C=O) groups excluding carboxylic acids is 1. The molecule has 0 unspecified atom stereocenters. The van der Waals surface area contributed by atoms with Crippen molar-refractivity contribution in [2.45, 2.75) is 0 Å². The lowest BCUT2D eigenvalue weighted by Gasteiger charge is -2.10. The first-order chi connectivity index (χ1) is 15.0. The second-order valence-electron chi connectivity index (χ2n) is 6.93. The van der Waals surface area contributed by atoms with Crippen LogP contribution < -0.4 is 4.72 Å². The van der Waals surface area contributed by atoms with Crippen molar-refractivity contribution in [3.63, 3.8) is 0 Å². The Morgan fingerprint density at radius 3 is 2.44 bits per heavy atom. The molecule has 4 aromatic rings. The highest BCUT2D eigenvalue weighted by Crippen LogP contribution is 2.31. The number of carbonyl (C=O) groups is 1. The third-order valence-corrected chi connectivity index (χ3v) is 5.67. The third kappa shape index (κ3) is 4.32. The second kappa shape index (κ2) is 8.16. The molecule has 0 aliphatic carbocycles. The maximum atomic E-state index is 14.7. The van der Waals surface area contributed by atoms with Gasteiger partial charge in [-0.25, -0.2) is 22.2 Å². The number of hydrogen-bond donors (Lipinski definition) is 1. The Labute approximate surface area is 191 Å². The highest BCUT2D eigenvalue weighted by Gasteiger charge is 2.21. The molecule has 32 heavy (non-hydrogen) atoms. The maximum absolute atomic E-state index is 14.7. The minimum absolute atomic E-state index is 0.0236. The van der Waals surface area contributed by atoms with E-state index in [9.17, 15) is 22.0 Å². The number of nitrogens with zero attached hydrogens (tertiary/aromatic N) is 2. The molecule has 0 bridgehead atoms. The average Bonchev–Trinajstić information content (AvgIpc) is 3.04. The van der Waals surface area contributed by atoms with E-state index in [2.05, 4.69) is 5.10 Å². The minimum atomic E-state index is -3.90. The monoisotopic (exact) mass is 495 g/mol. The highest BCUT2D eigenvalue weighted by molar-refractivity contribution is 7.89. The summed E-state index contributed by atoms with van der Waals surface area (Å²) in [6.45, 7) is 0. The van der Waals surface area contributed by atoms with Crippen LogP contribution in [0.15, 0.2) is 54.6 Å². The van der Waals surface area contributed by atoms with Crippen LogP contribution in [0.3, 0.4) is 0 Å². The molecule has 1 amide bonds. The maximum Gasteiger partial charge on any atom is 0.267 e. The van der Waals surface area contributed by atoms with Crippen LogP contribution >= 0.6 is 23.2 Å². The van der Waals surface area contributed by atoms with Gasteiger partial charge in [0, 0.05) is 11.1 Å². The summed E-state index contributed by atoms with van der Waals surface area (Å²) in [4.78, 5) is 12.0. The topological polar surface area (TPSA) is 81.1 Å². The van der Waals surface area contributed by atoms with Gasteiger partial charge in [-0.1, -0.05) is 41.4 Å². The molecule has 0 saturated heterocycles. The first-order valence-electron chi connectivity index (χ1n) is 8.99. The lowest BCUT2D eigenvalue weighted by atomic mass is 10.0. The number of sulfonamides is 1. The summed E-state index contributed by atoms with van der Waals surface area (Å²) in [6.07, 6.45) is 0.759. The van der Waals surface area contributed by atoms with Gasteiger partial charge in [-0.05, 0) is 41.5 Å². The Morgan fingerprint density at radius 1 is 1.03 bits per heavy atom. The molecule has 0 aliphatic rings. The number of benzene rings is 3. The van der Waals surface area contributed by atoms with Crippen LogP contribution in [0.1, 0.15) is 10.4 Å². The molecule has 1 heterocycles. The fourth-order valence-electron chi connectivity index (χ4n) is 3.21. The molecule has 1 aromatic heterocycles. The molecule has 0 radical (unpaired) electrons. The normalized spacial score (nSPS) is 11.7. The smallest absolute Gasteiger partial charge is 0.267 e. The Hall–Kier alpha value is -3.01. The summed E-state index contributed by atoms with van der Waals surface area (Å²) in [6, 6.07) is 13.8. The van der Waals surface area contributed by atoms with E-state index >= 15 is 0 Å². The van der Waals surface area contributed by atoms with E-state index in [4.69, 9.17) is 23.2 Å². The van der Waals surface area contributed by atoms with Crippen LogP contribution in [0.4, 0.5) is 8.78 Å². The first kappa shape index (κ1) is 22.2. The van der Waals surface area contributed by atoms with Gasteiger partial charge in [-0.2, -0.15) is 4.39 Å². The molecule has 0 spiro atoms. The number of amides is 1. The van der Waals surface area contributed by atoms with E-state index in [0.717, 1.165) is 28.6 Å². The molecule has 1 N–H and O–H groups in total. The molecule has 0 fully saturated rings. The van der Waals surface area contributed by atoms with Crippen LogP contribution in [-0.4, -0.2) is 30.4 Å². The van der Waals surface area contributed by atoms with Crippen LogP contribution in [0, 0.1) is 11.8 Å². The van der Waals surface area contributed by atoms with Crippen molar-refractivity contribution in [1.29, 1.82) is 0 Å². The number of halogens is 4. The van der Waals surface area contributed by atoms with Crippen molar-refractivity contribution < 1.29 is 22.0 Å². The van der Waals surface area contributed by atoms with E-state index in [0.29, 0.717) is 16.1 Å². The van der Waals surface area contributed by atoms with E-state index in [-0.39, 0.29) is 16.1 Å². The summed E-state index contributed by atoms with van der Waals surface area (Å²) >= 11 is 12.2. The number of aromatic nitrogens is 2. The zero-order chi connectivity index (χ0) is 23.2. The molecule has 11 heteroatoms. The molecule has 0 atom stereocenters. The predicted octanol–water partition coefficient (Wildman–Crippen LogP) is 4.97. The lowest BCUT2D eigenvalue weighted by Crippen LogP contribution is -2.30. The molecule has 3 aromatic carbocycles. The lowest BCUT2D eigenvalue weighted by molar-refractivity contribution is 0.0978. The van der Waals surface area contributed by atoms with Crippen LogP contribution in [0.5, 0.6) is 0 Å². The van der Waals surface area contributed by atoms with E-state index < -0.39 is 33.3 Å². The Morgan fingerprint density at radius 2 is 1.75 bits per heavy atom. The van der Waals surface area contributed by atoms with Gasteiger partial charge in [0.1, 0.15) is 5.82 Å². The highest BCUT2D eigenvalue weighted by atomic mass is 35.5. The zero-order valence-corrected chi connectivity index (χ0v) is 18.6. The van der Waals surface area contributed by atoms with E-state index in [1.165, 1.54) is 0 Å². The quantitative estimate of drug-likeness (QED) is 0.433. The molecule has 164 valence electrons. The number of hydrogen-bond acceptors (Lipinski definition) is 4. The summed E-state index contributed by atoms with van der Waals surface area (Å²) in [5, 5.41) is 4.39. The molecule has 6 nitrogen and oxygen atoms in total. The van der Waals surface area contributed by atoms with Crippen LogP contribution in [0.2, 0.25) is 10.0 Å². The number of nitrogens with one attached hydrogen (secondary N) is 1. The molecule has 0 aliphatic heterocycles. The van der Waals surface area contributed by atoms with Crippen LogP contribution in [0.25, 0.3) is 27.7 Å². The van der Waals surface area contributed by atoms with E-state index in [1.807, 2.05) is 6.07 Å². The number of rotatable bonds is 4. The third-order valence-electron chi connectivity index (χ3n) is 4.58. The first-order valence-corrected chi connectivity index (χ1v) is 11.6. The van der Waals surface area contributed by atoms with Gasteiger partial charge < -0.3 is 0 Å². The Balaban J connectivity index is 1.80. The summed E-state index contributed by atoms with van der Waals surface area (Å²) in [5.74, 6) is -3.04. The van der Waals surface area contributed by atoms with Crippen LogP contribution in [-0.2, 0) is 10.0 Å². The van der Waals surface area contributed by atoms with Crippen molar-refractivity contribution in [3.05, 3.63) is 82.0 Å². The van der Waals surface area contributed by atoms with Crippen molar-refractivity contribution in [3.8, 4) is 16.8 Å². The summed E-state index contributed by atoms with van der Waals surface area (Å²) in [7, 11) is -3.90. The van der Waals surface area contributed by atoms with Crippen molar-refractivity contribution in [2.24, 2.45) is 0 Å². The Bertz CT molecular complexity index is 1500. The Kier molecular flexibility index (Phi) is 5.66. The zero-order valence-electron chi connectivity index (χ0n) is 16.2. The van der Waals surface area contributed by atoms with Gasteiger partial charge in [-0.15, -0.1) is 5.10 Å². The van der Waals surface area contributed by atoms with Crippen molar-refractivity contribution in [2.75, 3.05) is 6.26 Å². The summed E-state index contributed by atoms with van der Waals surface area (Å²) in [5.41, 5.74) is 1.18. The molecule has 0 saturated carbocycles.